The van der Waals surface area contributed by atoms with E-state index in [2.05, 4.69) is 0 Å². The van der Waals surface area contributed by atoms with E-state index in [0.29, 0.717) is 13.1 Å². The minimum Gasteiger partial charge on any atom is -0.516 e. The number of hydrogen-bond donors (Lipinski definition) is 6. The molecule has 8 heteroatoms. The summed E-state index contributed by atoms with van der Waals surface area (Å²) in [5.74, 6) is 0. The van der Waals surface area contributed by atoms with E-state index >= 15 is 0 Å². The smallest absolute Gasteiger partial charge is 0.299 e. The first-order valence-electron chi connectivity index (χ1n) is 3.35. The first kappa shape index (κ1) is 18.8. The van der Waals surface area contributed by atoms with Crippen LogP contribution in [0.1, 0.15) is 0 Å². The second kappa shape index (κ2) is 22.7. The zero-order valence-corrected chi connectivity index (χ0v) is 8.30. The molecule has 86 valence electrons. The van der Waals surface area contributed by atoms with Gasteiger partial charge >= 0.3 is 0 Å². The highest BCUT2D eigenvalue weighted by atomic mass is 32.2. The van der Waals surface area contributed by atoms with Crippen molar-refractivity contribution < 1.29 is 23.5 Å². The number of hydrogen-bond acceptors (Lipinski definition) is 5. The molecule has 0 spiro atoms. The average molecular weight is 228 g/mol. The molecule has 14 heavy (non-hydrogen) atoms. The van der Waals surface area contributed by atoms with Crippen LogP contribution in [0.4, 0.5) is 0 Å². The van der Waals surface area contributed by atoms with Crippen molar-refractivity contribution in [3.8, 4) is 0 Å². The Bertz CT molecular complexity index is 146. The third-order valence-corrected chi connectivity index (χ3v) is 0.483. The summed E-state index contributed by atoms with van der Waals surface area (Å²) < 4.78 is 22.8. The Morgan fingerprint density at radius 2 is 1.21 bits per heavy atom. The summed E-state index contributed by atoms with van der Waals surface area (Å²) in [5.41, 5.74) is 9.78. The minimum atomic E-state index is -2.61. The van der Waals surface area contributed by atoms with E-state index < -0.39 is 11.4 Å². The summed E-state index contributed by atoms with van der Waals surface area (Å²) in [6.07, 6.45) is 4.78. The lowest BCUT2D eigenvalue weighted by Crippen LogP contribution is -1.91. The maximum Gasteiger partial charge on any atom is 0.299 e. The van der Waals surface area contributed by atoms with Crippen molar-refractivity contribution in [2.45, 2.75) is 0 Å². The van der Waals surface area contributed by atoms with Gasteiger partial charge in [-0.25, -0.2) is 0 Å². The molecule has 0 aromatic carbocycles. The SMILES string of the molecule is NCC=CO.NCC=CO.O=S(O)O. The van der Waals surface area contributed by atoms with E-state index in [9.17, 15) is 0 Å². The highest BCUT2D eigenvalue weighted by Crippen LogP contribution is 1.53. The normalized spacial score (nSPS) is 9.50. The molecule has 0 fully saturated rings. The Labute approximate surface area is 84.8 Å². The van der Waals surface area contributed by atoms with Crippen LogP contribution in [0, 0.1) is 0 Å². The van der Waals surface area contributed by atoms with E-state index in [1.54, 1.807) is 0 Å². The Kier molecular flexibility index (Phi) is 30.5. The molecular weight excluding hydrogens is 212 g/mol. The molecule has 0 radical (unpaired) electrons. The van der Waals surface area contributed by atoms with Gasteiger partial charge in [0.05, 0.1) is 12.5 Å². The second-order valence-corrected chi connectivity index (χ2v) is 1.93. The van der Waals surface area contributed by atoms with E-state index in [0.717, 1.165) is 12.5 Å². The molecule has 0 aromatic rings. The monoisotopic (exact) mass is 228 g/mol. The van der Waals surface area contributed by atoms with Gasteiger partial charge in [-0.1, -0.05) is 0 Å². The fourth-order valence-electron chi connectivity index (χ4n) is 0.122. The number of aliphatic hydroxyl groups is 2. The lowest BCUT2D eigenvalue weighted by molar-refractivity contribution is 0.454. The largest absolute Gasteiger partial charge is 0.516 e. The number of nitrogens with two attached hydrogens (primary N) is 2. The third-order valence-electron chi connectivity index (χ3n) is 0.483. The van der Waals surface area contributed by atoms with Crippen LogP contribution in [-0.4, -0.2) is 36.6 Å². The van der Waals surface area contributed by atoms with Crippen molar-refractivity contribution in [1.82, 2.24) is 0 Å². The van der Waals surface area contributed by atoms with Gasteiger partial charge in [-0.15, -0.1) is 0 Å². The minimum absolute atomic E-state index is 0.413. The lowest BCUT2D eigenvalue weighted by Gasteiger charge is -1.67. The first-order valence-corrected chi connectivity index (χ1v) is 4.41. The van der Waals surface area contributed by atoms with Gasteiger partial charge in [0.1, 0.15) is 0 Å². The Morgan fingerprint density at radius 3 is 1.21 bits per heavy atom. The van der Waals surface area contributed by atoms with E-state index in [4.69, 9.17) is 35.0 Å². The molecule has 0 amide bonds. The Morgan fingerprint density at radius 1 is 1.00 bits per heavy atom. The van der Waals surface area contributed by atoms with E-state index in [1.165, 1.54) is 12.2 Å². The van der Waals surface area contributed by atoms with Crippen molar-refractivity contribution >= 4 is 11.4 Å². The summed E-state index contributed by atoms with van der Waals surface area (Å²) in [6.45, 7) is 0.826. The summed E-state index contributed by atoms with van der Waals surface area (Å²) >= 11 is -2.61. The molecule has 0 bridgehead atoms. The summed E-state index contributed by atoms with van der Waals surface area (Å²) in [7, 11) is 0. The summed E-state index contributed by atoms with van der Waals surface area (Å²) in [4.78, 5) is 0. The van der Waals surface area contributed by atoms with Crippen molar-refractivity contribution in [2.24, 2.45) is 11.5 Å². The van der Waals surface area contributed by atoms with Crippen LogP contribution in [0.5, 0.6) is 0 Å². The molecule has 0 aliphatic carbocycles. The standard InChI is InChI=1S/2C3H7NO.H2O3S/c2*4-2-1-3-5;1-4(2)3/h2*1,3,5H,2,4H2;(H2,1,2,3). The summed E-state index contributed by atoms with van der Waals surface area (Å²) in [5, 5.41) is 15.6. The Hall–Kier alpha value is -0.930. The fourth-order valence-corrected chi connectivity index (χ4v) is 0.122. The molecule has 0 rings (SSSR count). The molecule has 0 atom stereocenters. The van der Waals surface area contributed by atoms with Gasteiger partial charge in [0.25, 0.3) is 11.4 Å². The van der Waals surface area contributed by atoms with Gasteiger partial charge in [0.15, 0.2) is 0 Å². The highest BCUT2D eigenvalue weighted by Gasteiger charge is 1.62. The molecular formula is C6H16N2O5S. The third kappa shape index (κ3) is 119. The maximum absolute atomic E-state index is 8.67. The average Bonchev–Trinajstić information content (AvgIpc) is 2.07. The maximum atomic E-state index is 8.67. The van der Waals surface area contributed by atoms with Crippen molar-refractivity contribution in [3.63, 3.8) is 0 Å². The molecule has 0 aliphatic heterocycles. The molecule has 8 N–H and O–H groups in total. The van der Waals surface area contributed by atoms with Gasteiger partial charge < -0.3 is 21.7 Å². The van der Waals surface area contributed by atoms with Crippen LogP contribution >= 0.6 is 0 Å². The quantitative estimate of drug-likeness (QED) is 0.281. The molecule has 0 aliphatic rings. The van der Waals surface area contributed by atoms with Crippen LogP contribution in [0.15, 0.2) is 24.7 Å². The molecule has 0 unspecified atom stereocenters. The van der Waals surface area contributed by atoms with Crippen LogP contribution in [0.3, 0.4) is 0 Å². The van der Waals surface area contributed by atoms with Gasteiger partial charge in [-0.2, -0.15) is 4.21 Å². The predicted molar refractivity (Wildman–Crippen MR) is 55.0 cm³/mol. The summed E-state index contributed by atoms with van der Waals surface area (Å²) in [6, 6.07) is 0. The van der Waals surface area contributed by atoms with E-state index in [-0.39, 0.29) is 0 Å². The van der Waals surface area contributed by atoms with Gasteiger partial charge in [-0.3, -0.25) is 9.11 Å². The van der Waals surface area contributed by atoms with E-state index in [1.807, 2.05) is 0 Å². The second-order valence-electron chi connectivity index (χ2n) is 1.47. The molecule has 0 saturated carbocycles. The highest BCUT2D eigenvalue weighted by molar-refractivity contribution is 7.73. The molecule has 7 nitrogen and oxygen atoms in total. The number of rotatable bonds is 2. The first-order chi connectivity index (χ1) is 6.56. The molecule has 0 saturated heterocycles. The Balaban J connectivity index is -0.000000131. The van der Waals surface area contributed by atoms with Gasteiger partial charge in [-0.05, 0) is 12.2 Å². The van der Waals surface area contributed by atoms with Gasteiger partial charge in [0.2, 0.25) is 0 Å². The van der Waals surface area contributed by atoms with Crippen LogP contribution in [-0.2, 0) is 11.4 Å². The van der Waals surface area contributed by atoms with Crippen molar-refractivity contribution in [2.75, 3.05) is 13.1 Å². The topological polar surface area (TPSA) is 150 Å². The predicted octanol–water partition coefficient (Wildman–Crippen LogP) is -0.285. The van der Waals surface area contributed by atoms with Crippen LogP contribution in [0.25, 0.3) is 0 Å². The van der Waals surface area contributed by atoms with Gasteiger partial charge in [0, 0.05) is 13.1 Å². The lowest BCUT2D eigenvalue weighted by atomic mass is 10.6. The van der Waals surface area contributed by atoms with Crippen LogP contribution < -0.4 is 11.5 Å². The molecule has 0 aromatic heterocycles. The van der Waals surface area contributed by atoms with Crippen molar-refractivity contribution in [1.29, 1.82) is 0 Å². The fraction of sp³-hybridized carbons (Fsp3) is 0.333. The van der Waals surface area contributed by atoms with Crippen LogP contribution in [0.2, 0.25) is 0 Å². The zero-order chi connectivity index (χ0) is 11.8. The number of aliphatic hydroxyl groups excluding tert-OH is 2. The molecule has 0 heterocycles. The van der Waals surface area contributed by atoms with Crippen molar-refractivity contribution in [3.05, 3.63) is 24.7 Å². The zero-order valence-electron chi connectivity index (χ0n) is 7.48.